The fourth-order valence-corrected chi connectivity index (χ4v) is 5.28. The highest BCUT2D eigenvalue weighted by molar-refractivity contribution is 5.94. The van der Waals surface area contributed by atoms with Crippen molar-refractivity contribution in [3.05, 3.63) is 69.1 Å². The molecule has 5 rings (SSSR count). The molecule has 180 valence electrons. The van der Waals surface area contributed by atoms with E-state index in [9.17, 15) is 28.7 Å². The molecule has 3 aromatic rings. The van der Waals surface area contributed by atoms with Crippen LogP contribution in [0.3, 0.4) is 0 Å². The van der Waals surface area contributed by atoms with Crippen molar-refractivity contribution >= 4 is 23.1 Å². The van der Waals surface area contributed by atoms with E-state index in [1.54, 1.807) is 36.2 Å². The van der Waals surface area contributed by atoms with Gasteiger partial charge in [0.15, 0.2) is 11.4 Å². The number of halogens is 2. The molecule has 0 amide bonds. The molecular weight excluding hydrogens is 456 g/mol. The SMILES string of the molecule is Cc1cc(C(C)Nc2ccccc2C(=O)O)c2nc(N3C[C@H]4C[C@@H]3CC4(F)F)c(C#N)c(=O)n2c1. The van der Waals surface area contributed by atoms with Gasteiger partial charge >= 0.3 is 5.97 Å². The molecule has 0 radical (unpaired) electrons. The minimum atomic E-state index is -2.75. The zero-order valence-corrected chi connectivity index (χ0v) is 19.1. The zero-order chi connectivity index (χ0) is 25.1. The summed E-state index contributed by atoms with van der Waals surface area (Å²) in [5.41, 5.74) is 1.41. The lowest BCUT2D eigenvalue weighted by atomic mass is 10.0. The summed E-state index contributed by atoms with van der Waals surface area (Å²) < 4.78 is 29.6. The number of anilines is 2. The molecule has 3 atom stereocenters. The van der Waals surface area contributed by atoms with E-state index in [1.165, 1.54) is 10.5 Å². The van der Waals surface area contributed by atoms with Crippen LogP contribution in [0.5, 0.6) is 0 Å². The molecule has 0 spiro atoms. The molecule has 1 aromatic carbocycles. The molecule has 2 aliphatic rings. The monoisotopic (exact) mass is 479 g/mol. The van der Waals surface area contributed by atoms with Crippen molar-refractivity contribution in [1.29, 1.82) is 5.26 Å². The highest BCUT2D eigenvalue weighted by atomic mass is 19.3. The van der Waals surface area contributed by atoms with Crippen molar-refractivity contribution in [1.82, 2.24) is 9.38 Å². The first-order chi connectivity index (χ1) is 16.6. The largest absolute Gasteiger partial charge is 0.478 e. The Morgan fingerprint density at radius 3 is 2.74 bits per heavy atom. The summed E-state index contributed by atoms with van der Waals surface area (Å²) >= 11 is 0. The van der Waals surface area contributed by atoms with Crippen molar-refractivity contribution in [2.24, 2.45) is 5.92 Å². The van der Waals surface area contributed by atoms with Crippen LogP contribution in [0.2, 0.25) is 0 Å². The van der Waals surface area contributed by atoms with Gasteiger partial charge in [0.05, 0.1) is 11.6 Å². The van der Waals surface area contributed by atoms with Gasteiger partial charge in [-0.15, -0.1) is 0 Å². The molecule has 2 aromatic heterocycles. The summed E-state index contributed by atoms with van der Waals surface area (Å²) in [4.78, 5) is 31.3. The Bertz CT molecular complexity index is 1460. The Hall–Kier alpha value is -4.00. The van der Waals surface area contributed by atoms with Crippen molar-refractivity contribution in [3.63, 3.8) is 0 Å². The van der Waals surface area contributed by atoms with Gasteiger partial charge in [-0.05, 0) is 44.0 Å². The summed E-state index contributed by atoms with van der Waals surface area (Å²) in [5.74, 6) is -4.53. The smallest absolute Gasteiger partial charge is 0.337 e. The summed E-state index contributed by atoms with van der Waals surface area (Å²) in [7, 11) is 0. The predicted octanol–water partition coefficient (Wildman–Crippen LogP) is 3.98. The molecule has 3 heterocycles. The second-order valence-electron chi connectivity index (χ2n) is 9.31. The Morgan fingerprint density at radius 1 is 1.37 bits per heavy atom. The maximum absolute atomic E-state index is 14.1. The van der Waals surface area contributed by atoms with Gasteiger partial charge in [-0.1, -0.05) is 12.1 Å². The van der Waals surface area contributed by atoms with Gasteiger partial charge in [0, 0.05) is 42.4 Å². The molecular formula is C25H23F2N5O3. The van der Waals surface area contributed by atoms with Gasteiger partial charge in [-0.25, -0.2) is 18.6 Å². The highest BCUT2D eigenvalue weighted by Gasteiger charge is 2.56. The molecule has 1 aliphatic carbocycles. The number of para-hydroxylation sites is 1. The van der Waals surface area contributed by atoms with Crippen LogP contribution in [0.15, 0.2) is 41.3 Å². The third-order valence-electron chi connectivity index (χ3n) is 6.97. The number of nitrogens with zero attached hydrogens (tertiary/aromatic N) is 4. The second-order valence-corrected chi connectivity index (χ2v) is 9.31. The maximum Gasteiger partial charge on any atom is 0.337 e. The van der Waals surface area contributed by atoms with Gasteiger partial charge in [0.1, 0.15) is 11.7 Å². The minimum absolute atomic E-state index is 0.0376. The number of benzene rings is 1. The lowest BCUT2D eigenvalue weighted by Gasteiger charge is -2.32. The number of aromatic carboxylic acids is 1. The van der Waals surface area contributed by atoms with Crippen molar-refractivity contribution < 1.29 is 18.7 Å². The molecule has 1 saturated heterocycles. The molecule has 1 unspecified atom stereocenters. The van der Waals surface area contributed by atoms with E-state index in [0.29, 0.717) is 17.7 Å². The van der Waals surface area contributed by atoms with E-state index >= 15 is 0 Å². The van der Waals surface area contributed by atoms with Crippen LogP contribution in [-0.2, 0) is 0 Å². The lowest BCUT2D eigenvalue weighted by Crippen LogP contribution is -2.42. The van der Waals surface area contributed by atoms with E-state index in [2.05, 4.69) is 10.3 Å². The minimum Gasteiger partial charge on any atom is -0.478 e. The molecule has 8 nitrogen and oxygen atoms in total. The normalized spacial score (nSPS) is 21.2. The van der Waals surface area contributed by atoms with Crippen molar-refractivity contribution in [2.75, 3.05) is 16.8 Å². The first-order valence-corrected chi connectivity index (χ1v) is 11.3. The van der Waals surface area contributed by atoms with Crippen LogP contribution in [0.25, 0.3) is 5.65 Å². The number of alkyl halides is 2. The Labute approximate surface area is 199 Å². The standard InChI is InChI=1S/C25H23F2N5O3/c1-13-7-18(14(2)29-20-6-4-3-5-17(20)24(34)35)21-30-22(19(10-28)23(33)32(21)11-13)31-12-15-8-16(31)9-25(15,26)27/h3-7,11,14-16,29H,8-9,12H2,1-2H3,(H,34,35)/t14?,15-,16-/m1/s1. The summed E-state index contributed by atoms with van der Waals surface area (Å²) in [6.45, 7) is 3.65. The molecule has 2 bridgehead atoms. The first-order valence-electron chi connectivity index (χ1n) is 11.3. The average molecular weight is 479 g/mol. The van der Waals surface area contributed by atoms with E-state index in [-0.39, 0.29) is 35.6 Å². The van der Waals surface area contributed by atoms with Gasteiger partial charge < -0.3 is 15.3 Å². The summed E-state index contributed by atoms with van der Waals surface area (Å²) in [6.07, 6.45) is 1.55. The number of nitrogens with one attached hydrogen (secondary N) is 1. The fraction of sp³-hybridized carbons (Fsp3) is 0.360. The maximum atomic E-state index is 14.1. The van der Waals surface area contributed by atoms with E-state index < -0.39 is 35.5 Å². The number of nitriles is 1. The molecule has 2 N–H and O–H groups in total. The van der Waals surface area contributed by atoms with Crippen LogP contribution in [0, 0.1) is 24.2 Å². The summed E-state index contributed by atoms with van der Waals surface area (Å²) in [5, 5.41) is 22.5. The van der Waals surface area contributed by atoms with Crippen molar-refractivity contribution in [2.45, 2.75) is 44.7 Å². The number of carboxylic acids is 1. The number of aryl methyl sites for hydroxylation is 1. The number of aromatic nitrogens is 2. The van der Waals surface area contributed by atoms with Crippen LogP contribution in [0.4, 0.5) is 20.3 Å². The molecule has 35 heavy (non-hydrogen) atoms. The third-order valence-corrected chi connectivity index (χ3v) is 6.97. The Morgan fingerprint density at radius 2 is 2.11 bits per heavy atom. The number of rotatable bonds is 5. The van der Waals surface area contributed by atoms with Crippen LogP contribution in [-0.4, -0.2) is 39.0 Å². The molecule has 10 heteroatoms. The number of hydrogen-bond donors (Lipinski definition) is 2. The van der Waals surface area contributed by atoms with Crippen LogP contribution < -0.4 is 15.8 Å². The topological polar surface area (TPSA) is 111 Å². The zero-order valence-electron chi connectivity index (χ0n) is 19.1. The number of pyridine rings is 1. The second kappa shape index (κ2) is 8.05. The first kappa shape index (κ1) is 22.8. The Balaban J connectivity index is 1.63. The van der Waals surface area contributed by atoms with Gasteiger partial charge in [-0.3, -0.25) is 9.20 Å². The van der Waals surface area contributed by atoms with Gasteiger partial charge in [0.25, 0.3) is 11.5 Å². The summed E-state index contributed by atoms with van der Waals surface area (Å²) in [6, 6.07) is 9.32. The average Bonchev–Trinajstić information content (AvgIpc) is 3.35. The fourth-order valence-electron chi connectivity index (χ4n) is 5.28. The Kier molecular flexibility index (Phi) is 5.24. The number of carbonyl (C=O) groups is 1. The molecule has 1 aliphatic heterocycles. The van der Waals surface area contributed by atoms with Gasteiger partial charge in [0.2, 0.25) is 0 Å². The van der Waals surface area contributed by atoms with Gasteiger partial charge in [-0.2, -0.15) is 5.26 Å². The van der Waals surface area contributed by atoms with E-state index in [4.69, 9.17) is 0 Å². The number of carboxylic acid groups (broad SMARTS) is 1. The highest BCUT2D eigenvalue weighted by Crippen LogP contribution is 2.49. The molecule has 2 fully saturated rings. The third kappa shape index (κ3) is 3.67. The predicted molar refractivity (Wildman–Crippen MR) is 125 cm³/mol. The van der Waals surface area contributed by atoms with Crippen LogP contribution in [0.1, 0.15) is 52.9 Å². The lowest BCUT2D eigenvalue weighted by molar-refractivity contribution is -0.0411. The van der Waals surface area contributed by atoms with Crippen LogP contribution >= 0.6 is 0 Å². The van der Waals surface area contributed by atoms with Crippen molar-refractivity contribution in [3.8, 4) is 6.07 Å². The number of fused-ring (bicyclic) bond motifs is 3. The van der Waals surface area contributed by atoms with E-state index in [0.717, 1.165) is 5.56 Å². The quantitative estimate of drug-likeness (QED) is 0.570. The van der Waals surface area contributed by atoms with E-state index in [1.807, 2.05) is 19.1 Å². The number of hydrogen-bond acceptors (Lipinski definition) is 6. The molecule has 1 saturated carbocycles. The number of piperidine rings is 1.